The maximum atomic E-state index is 10.8. The van der Waals surface area contributed by atoms with Crippen LogP contribution in [0.25, 0.3) is 6.08 Å². The highest BCUT2D eigenvalue weighted by molar-refractivity contribution is 8.13. The van der Waals surface area contributed by atoms with Crippen LogP contribution in [0.2, 0.25) is 0 Å². The third kappa shape index (κ3) is 3.86. The number of hydrogen-bond donors (Lipinski definition) is 0. The van der Waals surface area contributed by atoms with E-state index in [0.29, 0.717) is 0 Å². The summed E-state index contributed by atoms with van der Waals surface area (Å²) in [7, 11) is 0. The molecular formula is C14H18OS. The molecule has 1 aromatic carbocycles. The van der Waals surface area contributed by atoms with Crippen molar-refractivity contribution in [2.24, 2.45) is 0 Å². The number of benzene rings is 1. The van der Waals surface area contributed by atoms with Crippen molar-refractivity contribution in [2.45, 2.75) is 27.7 Å². The molecule has 1 nitrogen and oxygen atoms in total. The Kier molecular flexibility index (Phi) is 4.81. The Labute approximate surface area is 102 Å². The molecule has 2 heteroatoms. The van der Waals surface area contributed by atoms with Crippen molar-refractivity contribution in [3.05, 3.63) is 40.5 Å². The summed E-state index contributed by atoms with van der Waals surface area (Å²) in [5, 5.41) is 0.169. The molecule has 0 unspecified atom stereocenters. The van der Waals surface area contributed by atoms with Gasteiger partial charge in [-0.25, -0.2) is 0 Å². The van der Waals surface area contributed by atoms with Gasteiger partial charge in [-0.3, -0.25) is 4.79 Å². The molecule has 0 saturated carbocycles. The van der Waals surface area contributed by atoms with Gasteiger partial charge in [0.25, 0.3) is 0 Å². The zero-order valence-corrected chi connectivity index (χ0v) is 11.1. The molecule has 0 aliphatic rings. The van der Waals surface area contributed by atoms with E-state index < -0.39 is 0 Å². The van der Waals surface area contributed by atoms with E-state index in [1.807, 2.05) is 0 Å². The van der Waals surface area contributed by atoms with Crippen LogP contribution in [0, 0.1) is 20.8 Å². The second-order valence-electron chi connectivity index (χ2n) is 4.02. The minimum absolute atomic E-state index is 0.169. The zero-order valence-electron chi connectivity index (χ0n) is 10.3. The maximum Gasteiger partial charge on any atom is 0.186 e. The standard InChI is InChI=1S/C14H18OS/c1-10-8-11(2)14(12(3)9-10)6-5-7-16-13(4)15/h5-6,8-9H,7H2,1-4H3. The first-order chi connectivity index (χ1) is 7.50. The highest BCUT2D eigenvalue weighted by Gasteiger charge is 1.99. The molecule has 0 atom stereocenters. The van der Waals surface area contributed by atoms with Crippen LogP contribution in [0.5, 0.6) is 0 Å². The van der Waals surface area contributed by atoms with E-state index in [4.69, 9.17) is 0 Å². The van der Waals surface area contributed by atoms with Gasteiger partial charge in [-0.05, 0) is 37.5 Å². The minimum Gasteiger partial charge on any atom is -0.288 e. The van der Waals surface area contributed by atoms with Crippen LogP contribution in [0.1, 0.15) is 29.2 Å². The van der Waals surface area contributed by atoms with Gasteiger partial charge in [-0.2, -0.15) is 0 Å². The lowest BCUT2D eigenvalue weighted by Gasteiger charge is -2.06. The predicted octanol–water partition coefficient (Wildman–Crippen LogP) is 3.90. The van der Waals surface area contributed by atoms with Crippen molar-refractivity contribution in [1.29, 1.82) is 0 Å². The van der Waals surface area contributed by atoms with Gasteiger partial charge in [0.1, 0.15) is 0 Å². The Balaban J connectivity index is 2.77. The summed E-state index contributed by atoms with van der Waals surface area (Å²) in [5.41, 5.74) is 5.16. The molecule has 1 aromatic rings. The summed E-state index contributed by atoms with van der Waals surface area (Å²) >= 11 is 1.34. The van der Waals surface area contributed by atoms with Crippen molar-refractivity contribution >= 4 is 23.0 Å². The molecule has 0 heterocycles. The van der Waals surface area contributed by atoms with Gasteiger partial charge in [0.15, 0.2) is 5.12 Å². The number of rotatable bonds is 3. The SMILES string of the molecule is CC(=O)SCC=Cc1c(C)cc(C)cc1C. The average Bonchev–Trinajstić information content (AvgIpc) is 2.14. The van der Waals surface area contributed by atoms with Crippen molar-refractivity contribution in [3.63, 3.8) is 0 Å². The summed E-state index contributed by atoms with van der Waals surface area (Å²) in [5.74, 6) is 0.752. The molecule has 0 aliphatic carbocycles. The normalized spacial score (nSPS) is 11.0. The van der Waals surface area contributed by atoms with E-state index in [1.54, 1.807) is 6.92 Å². The number of carbonyl (C=O) groups excluding carboxylic acids is 1. The average molecular weight is 234 g/mol. The van der Waals surface area contributed by atoms with Gasteiger partial charge in [0, 0.05) is 12.7 Å². The summed E-state index contributed by atoms with van der Waals surface area (Å²) in [6.07, 6.45) is 4.16. The van der Waals surface area contributed by atoms with E-state index in [2.05, 4.69) is 45.1 Å². The molecule has 86 valence electrons. The second-order valence-corrected chi connectivity index (χ2v) is 5.21. The molecular weight excluding hydrogens is 216 g/mol. The van der Waals surface area contributed by atoms with Crippen molar-refractivity contribution < 1.29 is 4.79 Å². The highest BCUT2D eigenvalue weighted by atomic mass is 32.2. The van der Waals surface area contributed by atoms with Crippen molar-refractivity contribution in [1.82, 2.24) is 0 Å². The fraction of sp³-hybridized carbons (Fsp3) is 0.357. The fourth-order valence-electron chi connectivity index (χ4n) is 1.79. The molecule has 1 rings (SSSR count). The van der Waals surface area contributed by atoms with Crippen LogP contribution < -0.4 is 0 Å². The molecule has 0 radical (unpaired) electrons. The Morgan fingerprint density at radius 2 is 1.81 bits per heavy atom. The van der Waals surface area contributed by atoms with Crippen LogP contribution in [0.3, 0.4) is 0 Å². The molecule has 16 heavy (non-hydrogen) atoms. The van der Waals surface area contributed by atoms with E-state index in [-0.39, 0.29) is 5.12 Å². The summed E-state index contributed by atoms with van der Waals surface area (Å²) in [6, 6.07) is 4.37. The molecule has 0 amide bonds. The largest absolute Gasteiger partial charge is 0.288 e. The molecule has 0 aromatic heterocycles. The van der Waals surface area contributed by atoms with Gasteiger partial charge in [-0.1, -0.05) is 41.6 Å². The Bertz CT molecular complexity index is 396. The van der Waals surface area contributed by atoms with Crippen molar-refractivity contribution in [3.8, 4) is 0 Å². The van der Waals surface area contributed by atoms with Gasteiger partial charge in [-0.15, -0.1) is 0 Å². The summed E-state index contributed by atoms with van der Waals surface area (Å²) in [6.45, 7) is 7.95. The smallest absolute Gasteiger partial charge is 0.186 e. The third-order valence-corrected chi connectivity index (χ3v) is 3.17. The first-order valence-electron chi connectivity index (χ1n) is 5.38. The predicted molar refractivity (Wildman–Crippen MR) is 72.8 cm³/mol. The quantitative estimate of drug-likeness (QED) is 0.789. The van der Waals surface area contributed by atoms with Crippen LogP contribution in [0.4, 0.5) is 0 Å². The van der Waals surface area contributed by atoms with E-state index >= 15 is 0 Å². The zero-order chi connectivity index (χ0) is 12.1. The first-order valence-corrected chi connectivity index (χ1v) is 6.37. The number of thioether (sulfide) groups is 1. The Morgan fingerprint density at radius 3 is 2.31 bits per heavy atom. The second kappa shape index (κ2) is 5.90. The molecule has 0 spiro atoms. The van der Waals surface area contributed by atoms with Crippen LogP contribution in [-0.4, -0.2) is 10.9 Å². The van der Waals surface area contributed by atoms with Crippen molar-refractivity contribution in [2.75, 3.05) is 5.75 Å². The van der Waals surface area contributed by atoms with Gasteiger partial charge < -0.3 is 0 Å². The van der Waals surface area contributed by atoms with Gasteiger partial charge in [0.05, 0.1) is 0 Å². The Morgan fingerprint density at radius 1 is 1.25 bits per heavy atom. The minimum atomic E-state index is 0.169. The lowest BCUT2D eigenvalue weighted by atomic mass is 10.00. The molecule has 0 aliphatic heterocycles. The molecule has 0 N–H and O–H groups in total. The lowest BCUT2D eigenvalue weighted by molar-refractivity contribution is -0.109. The maximum absolute atomic E-state index is 10.8. The molecule has 0 bridgehead atoms. The topological polar surface area (TPSA) is 17.1 Å². The summed E-state index contributed by atoms with van der Waals surface area (Å²) in [4.78, 5) is 10.8. The van der Waals surface area contributed by atoms with Gasteiger partial charge in [0.2, 0.25) is 0 Å². The lowest BCUT2D eigenvalue weighted by Crippen LogP contribution is -1.89. The van der Waals surface area contributed by atoms with Crippen LogP contribution in [0.15, 0.2) is 18.2 Å². The van der Waals surface area contributed by atoms with E-state index in [0.717, 1.165) is 5.75 Å². The van der Waals surface area contributed by atoms with E-state index in [9.17, 15) is 4.79 Å². The number of carbonyl (C=O) groups is 1. The highest BCUT2D eigenvalue weighted by Crippen LogP contribution is 2.18. The van der Waals surface area contributed by atoms with Crippen LogP contribution in [-0.2, 0) is 4.79 Å². The number of aryl methyl sites for hydroxylation is 3. The summed E-state index contributed by atoms with van der Waals surface area (Å²) < 4.78 is 0. The Hall–Kier alpha value is -1.02. The van der Waals surface area contributed by atoms with Crippen LogP contribution >= 0.6 is 11.8 Å². The molecule has 0 fully saturated rings. The number of hydrogen-bond acceptors (Lipinski definition) is 2. The van der Waals surface area contributed by atoms with E-state index in [1.165, 1.54) is 34.0 Å². The third-order valence-electron chi connectivity index (χ3n) is 2.41. The van der Waals surface area contributed by atoms with Gasteiger partial charge >= 0.3 is 0 Å². The monoisotopic (exact) mass is 234 g/mol. The first kappa shape index (κ1) is 13.0. The molecule has 0 saturated heterocycles. The fourth-order valence-corrected chi connectivity index (χ4v) is 2.21.